The Balaban J connectivity index is 1.44. The van der Waals surface area contributed by atoms with Gasteiger partial charge in [0.25, 0.3) is 0 Å². The molecule has 3 aliphatic carbocycles. The Bertz CT molecular complexity index is 949. The van der Waals surface area contributed by atoms with Crippen molar-refractivity contribution >= 4 is 5.97 Å². The van der Waals surface area contributed by atoms with Crippen molar-refractivity contribution in [2.45, 2.75) is 96.6 Å². The standard InChI is InChI=1S/C31H46O6/c1-18(16-27-19(2)20(3)30(35)37-27)24-11-12-25-22(8-6-13-31(24,25)5)9-10-23-17-26(33)29(28(34)21(23)4)36-15-7-14-32/h9-10,18-19,24-29,32-34H,3-4,6-8,11-17H2,1-2,5H3/b22-9+,23-10-/t18-,19+,24-,25+,26-,27+,28-,29+,31-/m1/s1. The molecule has 0 radical (unpaired) electrons. The van der Waals surface area contributed by atoms with Gasteiger partial charge in [0.05, 0.1) is 6.10 Å². The summed E-state index contributed by atoms with van der Waals surface area (Å²) in [5, 5.41) is 30.3. The van der Waals surface area contributed by atoms with Crippen molar-refractivity contribution in [3.05, 3.63) is 47.6 Å². The van der Waals surface area contributed by atoms with Crippen LogP contribution in [-0.2, 0) is 14.3 Å². The second kappa shape index (κ2) is 11.6. The van der Waals surface area contributed by atoms with Crippen LogP contribution in [0.2, 0.25) is 0 Å². The molecule has 1 aliphatic heterocycles. The van der Waals surface area contributed by atoms with Crippen LogP contribution in [0.1, 0.15) is 72.1 Å². The van der Waals surface area contributed by atoms with E-state index in [0.717, 1.165) is 24.8 Å². The van der Waals surface area contributed by atoms with E-state index in [1.807, 2.05) is 0 Å². The zero-order valence-electron chi connectivity index (χ0n) is 22.8. The molecule has 3 N–H and O–H groups in total. The fraction of sp³-hybridized carbons (Fsp3) is 0.710. The van der Waals surface area contributed by atoms with E-state index in [2.05, 4.69) is 46.1 Å². The van der Waals surface area contributed by atoms with Crippen LogP contribution >= 0.6 is 0 Å². The Morgan fingerprint density at radius 3 is 2.65 bits per heavy atom. The Morgan fingerprint density at radius 2 is 1.97 bits per heavy atom. The van der Waals surface area contributed by atoms with Crippen LogP contribution in [0.4, 0.5) is 0 Å². The number of ether oxygens (including phenoxy) is 2. The van der Waals surface area contributed by atoms with Gasteiger partial charge in [-0.15, -0.1) is 0 Å². The Morgan fingerprint density at radius 1 is 1.22 bits per heavy atom. The molecule has 0 aromatic carbocycles. The number of esters is 1. The van der Waals surface area contributed by atoms with Crippen molar-refractivity contribution in [3.63, 3.8) is 0 Å². The average molecular weight is 515 g/mol. The van der Waals surface area contributed by atoms with E-state index < -0.39 is 18.3 Å². The first-order valence-corrected chi connectivity index (χ1v) is 14.2. The number of cyclic esters (lactones) is 1. The Kier molecular flexibility index (Phi) is 8.84. The summed E-state index contributed by atoms with van der Waals surface area (Å²) >= 11 is 0. The molecule has 4 aliphatic rings. The monoisotopic (exact) mass is 514 g/mol. The van der Waals surface area contributed by atoms with Gasteiger partial charge >= 0.3 is 5.97 Å². The Labute approximate surface area is 222 Å². The summed E-state index contributed by atoms with van der Waals surface area (Å²) in [4.78, 5) is 12.0. The van der Waals surface area contributed by atoms with Gasteiger partial charge in [-0.25, -0.2) is 4.79 Å². The normalized spacial score (nSPS) is 41.4. The lowest BCUT2D eigenvalue weighted by Crippen LogP contribution is -2.45. The van der Waals surface area contributed by atoms with Crippen molar-refractivity contribution in [1.82, 2.24) is 0 Å². The third-order valence-electron chi connectivity index (χ3n) is 9.96. The van der Waals surface area contributed by atoms with Gasteiger partial charge in [-0.1, -0.05) is 51.7 Å². The number of carbonyl (C=O) groups excluding carboxylic acids is 1. The zero-order valence-corrected chi connectivity index (χ0v) is 22.8. The Hall–Kier alpha value is -1.73. The van der Waals surface area contributed by atoms with Crippen LogP contribution in [0, 0.1) is 29.1 Å². The summed E-state index contributed by atoms with van der Waals surface area (Å²) in [6.45, 7) is 15.2. The molecular formula is C31H46O6. The first-order chi connectivity index (χ1) is 17.6. The second-order valence-electron chi connectivity index (χ2n) is 12.2. The maximum Gasteiger partial charge on any atom is 0.334 e. The fourth-order valence-electron chi connectivity index (χ4n) is 7.66. The average Bonchev–Trinajstić information content (AvgIpc) is 3.34. The van der Waals surface area contributed by atoms with Gasteiger partial charge in [0.1, 0.15) is 18.3 Å². The molecule has 206 valence electrons. The maximum absolute atomic E-state index is 12.0. The molecule has 1 heterocycles. The molecule has 0 spiro atoms. The first-order valence-electron chi connectivity index (χ1n) is 14.2. The molecule has 0 aromatic rings. The number of fused-ring (bicyclic) bond motifs is 1. The van der Waals surface area contributed by atoms with E-state index in [-0.39, 0.29) is 30.0 Å². The zero-order chi connectivity index (χ0) is 26.9. The van der Waals surface area contributed by atoms with Crippen LogP contribution < -0.4 is 0 Å². The molecule has 0 aromatic heterocycles. The predicted molar refractivity (Wildman–Crippen MR) is 144 cm³/mol. The summed E-state index contributed by atoms with van der Waals surface area (Å²) in [7, 11) is 0. The number of aliphatic hydroxyl groups is 3. The number of allylic oxidation sites excluding steroid dienone is 3. The van der Waals surface area contributed by atoms with Gasteiger partial charge in [-0.2, -0.15) is 0 Å². The molecule has 0 bridgehead atoms. The molecule has 6 heteroatoms. The molecular weight excluding hydrogens is 468 g/mol. The highest BCUT2D eigenvalue weighted by Crippen LogP contribution is 2.60. The second-order valence-corrected chi connectivity index (χ2v) is 12.2. The van der Waals surface area contributed by atoms with Gasteiger partial charge < -0.3 is 24.8 Å². The number of hydrogen-bond acceptors (Lipinski definition) is 6. The quantitative estimate of drug-likeness (QED) is 0.248. The van der Waals surface area contributed by atoms with E-state index in [1.165, 1.54) is 24.8 Å². The van der Waals surface area contributed by atoms with Crippen molar-refractivity contribution in [1.29, 1.82) is 0 Å². The summed E-state index contributed by atoms with van der Waals surface area (Å²) in [5.41, 5.74) is 3.77. The van der Waals surface area contributed by atoms with E-state index in [9.17, 15) is 15.0 Å². The third kappa shape index (κ3) is 5.54. The largest absolute Gasteiger partial charge is 0.458 e. The van der Waals surface area contributed by atoms with Crippen LogP contribution in [0.3, 0.4) is 0 Å². The summed E-state index contributed by atoms with van der Waals surface area (Å²) in [5.74, 6) is 1.41. The molecule has 1 saturated heterocycles. The smallest absolute Gasteiger partial charge is 0.334 e. The molecule has 37 heavy (non-hydrogen) atoms. The molecule has 4 fully saturated rings. The first kappa shape index (κ1) is 28.3. The maximum atomic E-state index is 12.0. The lowest BCUT2D eigenvalue weighted by Gasteiger charge is -2.44. The van der Waals surface area contributed by atoms with Gasteiger partial charge in [0.2, 0.25) is 0 Å². The SMILES string of the molecule is C=C1/C(=C\C=C2/CCC[C@]3(C)[C@@H]([C@H](C)C[C@@H]4OC(=O)C(=C)[C@@H]4C)CC[C@@H]23)C[C@@H](O)[C@H](OCCCO)[C@@H]1O. The number of hydrogen-bond donors (Lipinski definition) is 3. The van der Waals surface area contributed by atoms with Crippen LogP contribution in [-0.4, -0.2) is 58.9 Å². The third-order valence-corrected chi connectivity index (χ3v) is 9.96. The molecule has 0 amide bonds. The topological polar surface area (TPSA) is 96.2 Å². The van der Waals surface area contributed by atoms with Gasteiger partial charge in [0.15, 0.2) is 0 Å². The molecule has 4 rings (SSSR count). The van der Waals surface area contributed by atoms with Crippen molar-refractivity contribution in [2.24, 2.45) is 29.1 Å². The van der Waals surface area contributed by atoms with Gasteiger partial charge in [0, 0.05) is 31.1 Å². The molecule has 9 atom stereocenters. The van der Waals surface area contributed by atoms with Crippen molar-refractivity contribution in [2.75, 3.05) is 13.2 Å². The minimum Gasteiger partial charge on any atom is -0.458 e. The fourth-order valence-corrected chi connectivity index (χ4v) is 7.66. The molecule has 3 saturated carbocycles. The highest BCUT2D eigenvalue weighted by molar-refractivity contribution is 5.90. The molecule has 0 unspecified atom stereocenters. The van der Waals surface area contributed by atoms with Crippen molar-refractivity contribution in [3.8, 4) is 0 Å². The highest BCUT2D eigenvalue weighted by atomic mass is 16.6. The van der Waals surface area contributed by atoms with Crippen LogP contribution in [0.25, 0.3) is 0 Å². The van der Waals surface area contributed by atoms with Crippen molar-refractivity contribution < 1.29 is 29.6 Å². The van der Waals surface area contributed by atoms with E-state index in [0.29, 0.717) is 48.3 Å². The van der Waals surface area contributed by atoms with E-state index in [4.69, 9.17) is 14.6 Å². The van der Waals surface area contributed by atoms with Crippen LogP contribution in [0.5, 0.6) is 0 Å². The lowest BCUT2D eigenvalue weighted by atomic mass is 9.60. The number of rotatable bonds is 8. The van der Waals surface area contributed by atoms with Gasteiger partial charge in [-0.05, 0) is 79.3 Å². The number of carbonyl (C=O) groups is 1. The van der Waals surface area contributed by atoms with Gasteiger partial charge in [-0.3, -0.25) is 0 Å². The lowest BCUT2D eigenvalue weighted by molar-refractivity contribution is -0.140. The highest BCUT2D eigenvalue weighted by Gasteiger charge is 2.51. The minimum absolute atomic E-state index is 0.0151. The summed E-state index contributed by atoms with van der Waals surface area (Å²) in [6.07, 6.45) is 9.30. The van der Waals surface area contributed by atoms with E-state index >= 15 is 0 Å². The minimum atomic E-state index is -0.955. The summed E-state index contributed by atoms with van der Waals surface area (Å²) in [6, 6.07) is 0. The van der Waals surface area contributed by atoms with Crippen LogP contribution in [0.15, 0.2) is 47.6 Å². The number of aliphatic hydroxyl groups excluding tert-OH is 3. The summed E-state index contributed by atoms with van der Waals surface area (Å²) < 4.78 is 11.3. The predicted octanol–water partition coefficient (Wildman–Crippen LogP) is 4.65. The van der Waals surface area contributed by atoms with E-state index in [1.54, 1.807) is 0 Å². The molecule has 6 nitrogen and oxygen atoms in total.